The van der Waals surface area contributed by atoms with Crippen LogP contribution in [0.3, 0.4) is 0 Å². The molecule has 58 valence electrons. The maximum atomic E-state index is 10.4. The first kappa shape index (κ1) is 13.1. The van der Waals surface area contributed by atoms with Crippen LogP contribution in [0.5, 0.6) is 0 Å². The first-order valence-electron chi connectivity index (χ1n) is 2.74. The predicted molar refractivity (Wildman–Crippen MR) is 33.6 cm³/mol. The molecule has 0 aromatic heterocycles. The zero-order chi connectivity index (χ0) is 8.15. The van der Waals surface area contributed by atoms with E-state index < -0.39 is 17.9 Å². The Labute approximate surface area is 76.5 Å². The van der Waals surface area contributed by atoms with Crippen molar-refractivity contribution in [3.05, 3.63) is 0 Å². The van der Waals surface area contributed by atoms with Crippen molar-refractivity contribution >= 4 is 11.9 Å². The van der Waals surface area contributed by atoms with Crippen molar-refractivity contribution < 1.29 is 33.9 Å². The van der Waals surface area contributed by atoms with Crippen LogP contribution in [0.2, 0.25) is 0 Å². The maximum absolute atomic E-state index is 10.4. The number of rotatable bonds is 3. The third-order valence-electron chi connectivity index (χ3n) is 0.870. The van der Waals surface area contributed by atoms with Crippen molar-refractivity contribution in [1.82, 2.24) is 0 Å². The zero-order valence-corrected chi connectivity index (χ0v) is 6.57. The summed E-state index contributed by atoms with van der Waals surface area (Å²) in [7, 11) is 0. The van der Waals surface area contributed by atoms with Gasteiger partial charge in [0.15, 0.2) is 0 Å². The standard InChI is InChI=1S/C5H10N2O3.Li/c1-3(5(9)10)7-4(8)2-6;/h3H,2,6H2,1H3,(H,7,8)(H,9,10);/q;+1/p-1/t3-;/m0./s1. The Hall–Kier alpha value is -0.503. The van der Waals surface area contributed by atoms with Gasteiger partial charge in [0.2, 0.25) is 0 Å². The molecule has 0 saturated heterocycles. The van der Waals surface area contributed by atoms with Crippen LogP contribution in [-0.2, 0) is 4.79 Å². The maximum Gasteiger partial charge on any atom is 1.00 e. The summed E-state index contributed by atoms with van der Waals surface area (Å²) < 4.78 is 0. The second kappa shape index (κ2) is 6.22. The third kappa shape index (κ3) is 5.92. The largest absolute Gasteiger partial charge is 1.00 e. The normalized spacial score (nSPS) is 13.5. The molecule has 0 aromatic rings. The molecule has 0 aliphatic heterocycles. The molecule has 3 N–H and O–H groups in total. The molecule has 0 unspecified atom stereocenters. The van der Waals surface area contributed by atoms with Crippen LogP contribution in [0.15, 0.2) is 4.99 Å². The van der Waals surface area contributed by atoms with E-state index in [1.807, 2.05) is 0 Å². The predicted octanol–water partition coefficient (Wildman–Crippen LogP) is -4.82. The third-order valence-corrected chi connectivity index (χ3v) is 0.870. The molecule has 5 nitrogen and oxygen atoms in total. The first-order chi connectivity index (χ1) is 4.57. The summed E-state index contributed by atoms with van der Waals surface area (Å²) in [6.07, 6.45) is 0. The molecule has 0 rings (SSSR count). The molecule has 0 heterocycles. The molecule has 11 heavy (non-hydrogen) atoms. The molecule has 6 heteroatoms. The number of aliphatic carboxylic acids is 1. The van der Waals surface area contributed by atoms with Gasteiger partial charge in [-0.2, -0.15) is 0 Å². The van der Waals surface area contributed by atoms with Crippen molar-refractivity contribution in [3.63, 3.8) is 0 Å². The number of aliphatic imine (C=N–C) groups is 1. The molecule has 0 aliphatic rings. The quantitative estimate of drug-likeness (QED) is 0.241. The Bertz CT molecular complexity index is 160. The van der Waals surface area contributed by atoms with Gasteiger partial charge < -0.3 is 15.9 Å². The summed E-state index contributed by atoms with van der Waals surface area (Å²) in [5.74, 6) is -1.71. The Morgan fingerprint density at radius 3 is 2.55 bits per heavy atom. The summed E-state index contributed by atoms with van der Waals surface area (Å²) in [5, 5.41) is 18.6. The summed E-state index contributed by atoms with van der Waals surface area (Å²) in [5.41, 5.74) is 4.88. The van der Waals surface area contributed by atoms with Gasteiger partial charge in [0, 0.05) is 6.54 Å². The van der Waals surface area contributed by atoms with Crippen LogP contribution in [0.1, 0.15) is 6.92 Å². The zero-order valence-electron chi connectivity index (χ0n) is 6.57. The SMILES string of the molecule is C[C@H](N=C([O-])CN)C(=O)O.[Li+]. The average Bonchev–Trinajstić information content (AvgIpc) is 1.87. The van der Waals surface area contributed by atoms with Gasteiger partial charge in [0.25, 0.3) is 0 Å². The van der Waals surface area contributed by atoms with Gasteiger partial charge >= 0.3 is 24.8 Å². The van der Waals surface area contributed by atoms with Crippen LogP contribution in [0.25, 0.3) is 0 Å². The van der Waals surface area contributed by atoms with Crippen molar-refractivity contribution in [3.8, 4) is 0 Å². The van der Waals surface area contributed by atoms with E-state index in [9.17, 15) is 9.90 Å². The van der Waals surface area contributed by atoms with E-state index in [1.165, 1.54) is 6.92 Å². The molecule has 0 fully saturated rings. The van der Waals surface area contributed by atoms with Gasteiger partial charge in [-0.3, -0.25) is 4.99 Å². The van der Waals surface area contributed by atoms with Crippen LogP contribution in [-0.4, -0.2) is 29.6 Å². The van der Waals surface area contributed by atoms with Crippen LogP contribution < -0.4 is 29.7 Å². The molecule has 0 aliphatic carbocycles. The average molecular weight is 152 g/mol. The molecule has 0 spiro atoms. The van der Waals surface area contributed by atoms with Crippen molar-refractivity contribution in [2.45, 2.75) is 13.0 Å². The minimum atomic E-state index is -1.12. The molecule has 0 radical (unpaired) electrons. The molecule has 1 atom stereocenters. The minimum absolute atomic E-state index is 0. The number of nitrogens with two attached hydrogens (primary N) is 1. The van der Waals surface area contributed by atoms with Crippen molar-refractivity contribution in [2.24, 2.45) is 10.7 Å². The smallest absolute Gasteiger partial charge is 0.861 e. The minimum Gasteiger partial charge on any atom is -0.861 e. The van der Waals surface area contributed by atoms with Gasteiger partial charge in [-0.05, 0) is 12.8 Å². The van der Waals surface area contributed by atoms with E-state index >= 15 is 0 Å². The van der Waals surface area contributed by atoms with E-state index in [1.54, 1.807) is 0 Å². The van der Waals surface area contributed by atoms with E-state index in [-0.39, 0.29) is 25.4 Å². The first-order valence-corrected chi connectivity index (χ1v) is 2.74. The van der Waals surface area contributed by atoms with Crippen LogP contribution in [0.4, 0.5) is 0 Å². The number of carboxylic acids is 1. The summed E-state index contributed by atoms with van der Waals surface area (Å²) >= 11 is 0. The van der Waals surface area contributed by atoms with Gasteiger partial charge in [-0.15, -0.1) is 0 Å². The van der Waals surface area contributed by atoms with Gasteiger partial charge in [-0.1, -0.05) is 0 Å². The second-order valence-corrected chi connectivity index (χ2v) is 1.74. The topological polar surface area (TPSA) is 98.7 Å². The molecule has 0 saturated carbocycles. The Morgan fingerprint density at radius 1 is 1.82 bits per heavy atom. The van der Waals surface area contributed by atoms with Crippen molar-refractivity contribution in [2.75, 3.05) is 6.54 Å². The fourth-order valence-corrected chi connectivity index (χ4v) is 0.324. The van der Waals surface area contributed by atoms with Gasteiger partial charge in [0.05, 0.1) is 0 Å². The van der Waals surface area contributed by atoms with Crippen LogP contribution in [0, 0.1) is 0 Å². The number of hydrogen-bond donors (Lipinski definition) is 2. The van der Waals surface area contributed by atoms with E-state index in [4.69, 9.17) is 10.8 Å². The fourth-order valence-electron chi connectivity index (χ4n) is 0.324. The summed E-state index contributed by atoms with van der Waals surface area (Å²) in [6, 6.07) is -0.990. The van der Waals surface area contributed by atoms with Gasteiger partial charge in [-0.25, -0.2) is 4.79 Å². The summed E-state index contributed by atoms with van der Waals surface area (Å²) in [4.78, 5) is 13.3. The van der Waals surface area contributed by atoms with Gasteiger partial charge in [0.1, 0.15) is 6.04 Å². The molecule has 0 bridgehead atoms. The second-order valence-electron chi connectivity index (χ2n) is 1.74. The molecule has 0 amide bonds. The van der Waals surface area contributed by atoms with E-state index in [2.05, 4.69) is 4.99 Å². The molecular weight excluding hydrogens is 143 g/mol. The number of carboxylic acid groups (broad SMARTS) is 1. The van der Waals surface area contributed by atoms with E-state index in [0.29, 0.717) is 0 Å². The summed E-state index contributed by atoms with van der Waals surface area (Å²) in [6.45, 7) is 1.08. The van der Waals surface area contributed by atoms with E-state index in [0.717, 1.165) is 0 Å². The van der Waals surface area contributed by atoms with Crippen LogP contribution >= 0.6 is 0 Å². The number of hydrogen-bond acceptors (Lipinski definition) is 4. The fraction of sp³-hybridized carbons (Fsp3) is 0.600. The number of carbonyl (C=O) groups is 1. The Morgan fingerprint density at radius 2 is 2.27 bits per heavy atom. The molecular formula is C5H9LiN2O3. The monoisotopic (exact) mass is 152 g/mol. The van der Waals surface area contributed by atoms with Crippen molar-refractivity contribution in [1.29, 1.82) is 0 Å². The Kier molecular flexibility index (Phi) is 7.42. The Balaban J connectivity index is 0. The number of nitrogens with zero attached hydrogens (tertiary/aromatic N) is 1. The molecule has 0 aromatic carbocycles.